The average molecular weight is 443 g/mol. The second-order valence-electron chi connectivity index (χ2n) is 8.07. The number of anilines is 1. The van der Waals surface area contributed by atoms with Crippen molar-refractivity contribution in [1.82, 2.24) is 8.87 Å². The van der Waals surface area contributed by atoms with Gasteiger partial charge in [-0.3, -0.25) is 0 Å². The molecule has 158 valence electrons. The molecule has 8 heteroatoms. The Morgan fingerprint density at radius 1 is 1.20 bits per heavy atom. The molecular weight excluding hydrogens is 416 g/mol. The van der Waals surface area contributed by atoms with Gasteiger partial charge in [0.15, 0.2) is 0 Å². The first kappa shape index (κ1) is 20.8. The summed E-state index contributed by atoms with van der Waals surface area (Å²) < 4.78 is 28.0. The summed E-state index contributed by atoms with van der Waals surface area (Å²) in [4.78, 5) is 0.367. The van der Waals surface area contributed by atoms with Gasteiger partial charge in [-0.25, -0.2) is 8.42 Å². The molecule has 0 aliphatic carbocycles. The van der Waals surface area contributed by atoms with Gasteiger partial charge in [0.05, 0.1) is 11.8 Å². The van der Waals surface area contributed by atoms with E-state index in [-0.39, 0.29) is 12.1 Å². The van der Waals surface area contributed by atoms with Crippen molar-refractivity contribution in [3.8, 4) is 11.1 Å². The van der Waals surface area contributed by atoms with Crippen molar-refractivity contribution in [1.29, 1.82) is 0 Å². The van der Waals surface area contributed by atoms with Crippen LogP contribution in [0.1, 0.15) is 31.4 Å². The van der Waals surface area contributed by atoms with Crippen molar-refractivity contribution in [2.45, 2.75) is 31.8 Å². The molecule has 0 spiro atoms. The van der Waals surface area contributed by atoms with Crippen LogP contribution in [0.2, 0.25) is 0 Å². The Morgan fingerprint density at radius 3 is 2.63 bits per heavy atom. The van der Waals surface area contributed by atoms with Crippen molar-refractivity contribution < 1.29 is 8.42 Å². The van der Waals surface area contributed by atoms with E-state index >= 15 is 0 Å². The van der Waals surface area contributed by atoms with Crippen LogP contribution in [0, 0.1) is 0 Å². The molecular formula is C22H26N4O2S2. The molecule has 0 radical (unpaired) electrons. The number of nitrogens with zero attached hydrogens (tertiary/aromatic N) is 2. The Kier molecular flexibility index (Phi) is 5.34. The Labute approximate surface area is 182 Å². The van der Waals surface area contributed by atoms with Gasteiger partial charge in [0.25, 0.3) is 0 Å². The standard InChI is InChI=1S/C22H26N4O2S2/c1-14-10-18(8-9-26(14)30(2,27)28)25-13-20(19-7-6-17(23)12-21(19)25)15-4-3-5-16(11-15)22(24)29/h3-7,11-14,18H,8-10,23H2,1-2H3,(H2,24,29). The van der Waals surface area contributed by atoms with Crippen molar-refractivity contribution in [2.75, 3.05) is 18.5 Å². The van der Waals surface area contributed by atoms with Gasteiger partial charge >= 0.3 is 0 Å². The van der Waals surface area contributed by atoms with Crippen LogP contribution in [0.4, 0.5) is 5.69 Å². The molecule has 1 fully saturated rings. The fraction of sp³-hybridized carbons (Fsp3) is 0.318. The highest BCUT2D eigenvalue weighted by atomic mass is 32.2. The Morgan fingerprint density at radius 2 is 1.97 bits per heavy atom. The van der Waals surface area contributed by atoms with E-state index in [1.807, 2.05) is 49.4 Å². The third-order valence-electron chi connectivity index (χ3n) is 5.92. The van der Waals surface area contributed by atoms with Gasteiger partial charge in [-0.15, -0.1) is 0 Å². The lowest BCUT2D eigenvalue weighted by atomic mass is 10.00. The van der Waals surface area contributed by atoms with Crippen LogP contribution in [0.25, 0.3) is 22.0 Å². The number of rotatable bonds is 4. The van der Waals surface area contributed by atoms with Gasteiger partial charge in [-0.1, -0.05) is 36.5 Å². The average Bonchev–Trinajstić information content (AvgIpc) is 3.05. The topological polar surface area (TPSA) is 94.3 Å². The molecule has 2 atom stereocenters. The van der Waals surface area contributed by atoms with Crippen LogP contribution < -0.4 is 11.5 Å². The molecule has 4 N–H and O–H groups in total. The van der Waals surface area contributed by atoms with Crippen molar-refractivity contribution >= 4 is 43.8 Å². The third kappa shape index (κ3) is 3.82. The van der Waals surface area contributed by atoms with Gasteiger partial charge in [0.2, 0.25) is 10.0 Å². The van der Waals surface area contributed by atoms with Gasteiger partial charge in [-0.2, -0.15) is 4.31 Å². The molecule has 30 heavy (non-hydrogen) atoms. The first-order valence-electron chi connectivity index (χ1n) is 9.92. The zero-order valence-electron chi connectivity index (χ0n) is 17.1. The second-order valence-corrected chi connectivity index (χ2v) is 10.4. The Bertz CT molecular complexity index is 1230. The quantitative estimate of drug-likeness (QED) is 0.476. The number of sulfonamides is 1. The lowest BCUT2D eigenvalue weighted by Crippen LogP contribution is -2.44. The van der Waals surface area contributed by atoms with E-state index in [0.29, 0.717) is 17.2 Å². The molecule has 3 aromatic rings. The number of aromatic nitrogens is 1. The van der Waals surface area contributed by atoms with E-state index < -0.39 is 10.0 Å². The van der Waals surface area contributed by atoms with E-state index in [9.17, 15) is 8.42 Å². The molecule has 2 aromatic carbocycles. The molecule has 1 aliphatic rings. The number of piperidine rings is 1. The molecule has 0 bridgehead atoms. The van der Waals surface area contributed by atoms with E-state index in [1.54, 1.807) is 4.31 Å². The number of nitrogen functional groups attached to an aromatic ring is 1. The molecule has 2 unspecified atom stereocenters. The van der Waals surface area contributed by atoms with Gasteiger partial charge in [-0.05, 0) is 43.5 Å². The molecule has 0 saturated carbocycles. The summed E-state index contributed by atoms with van der Waals surface area (Å²) in [5.74, 6) is 0. The Hall–Kier alpha value is -2.42. The second kappa shape index (κ2) is 7.68. The van der Waals surface area contributed by atoms with Gasteiger partial charge in [0, 0.05) is 47.0 Å². The van der Waals surface area contributed by atoms with Crippen LogP contribution in [-0.4, -0.2) is 41.1 Å². The summed E-state index contributed by atoms with van der Waals surface area (Å²) in [6, 6.07) is 14.0. The predicted octanol–water partition coefficient (Wildman–Crippen LogP) is 3.51. The lowest BCUT2D eigenvalue weighted by molar-refractivity contribution is 0.215. The molecule has 2 heterocycles. The zero-order chi connectivity index (χ0) is 21.6. The largest absolute Gasteiger partial charge is 0.399 e. The fourth-order valence-corrected chi connectivity index (χ4v) is 5.82. The van der Waals surface area contributed by atoms with Crippen molar-refractivity contribution in [3.05, 3.63) is 54.2 Å². The summed E-state index contributed by atoms with van der Waals surface area (Å²) in [5.41, 5.74) is 16.6. The molecule has 6 nitrogen and oxygen atoms in total. The van der Waals surface area contributed by atoms with Gasteiger partial charge in [0.1, 0.15) is 4.99 Å². The van der Waals surface area contributed by atoms with Crippen LogP contribution in [0.5, 0.6) is 0 Å². The molecule has 1 saturated heterocycles. The highest BCUT2D eigenvalue weighted by Crippen LogP contribution is 2.38. The zero-order valence-corrected chi connectivity index (χ0v) is 18.7. The lowest BCUT2D eigenvalue weighted by Gasteiger charge is -2.36. The number of fused-ring (bicyclic) bond motifs is 1. The molecule has 0 amide bonds. The summed E-state index contributed by atoms with van der Waals surface area (Å²) in [6.07, 6.45) is 4.93. The summed E-state index contributed by atoms with van der Waals surface area (Å²) in [6.45, 7) is 2.48. The van der Waals surface area contributed by atoms with Gasteiger partial charge < -0.3 is 16.0 Å². The highest BCUT2D eigenvalue weighted by molar-refractivity contribution is 7.88. The van der Waals surface area contributed by atoms with Crippen molar-refractivity contribution in [3.63, 3.8) is 0 Å². The summed E-state index contributed by atoms with van der Waals surface area (Å²) in [5, 5.41) is 1.10. The minimum Gasteiger partial charge on any atom is -0.399 e. The smallest absolute Gasteiger partial charge is 0.211 e. The fourth-order valence-electron chi connectivity index (χ4n) is 4.51. The normalized spacial score (nSPS) is 20.5. The minimum atomic E-state index is -3.20. The van der Waals surface area contributed by atoms with Crippen molar-refractivity contribution in [2.24, 2.45) is 5.73 Å². The first-order chi connectivity index (χ1) is 14.1. The highest BCUT2D eigenvalue weighted by Gasteiger charge is 2.32. The Balaban J connectivity index is 1.80. The summed E-state index contributed by atoms with van der Waals surface area (Å²) in [7, 11) is -3.20. The number of nitrogens with two attached hydrogens (primary N) is 2. The molecule has 1 aliphatic heterocycles. The number of hydrogen-bond donors (Lipinski definition) is 2. The maximum Gasteiger partial charge on any atom is 0.211 e. The van der Waals surface area contributed by atoms with E-state index in [1.165, 1.54) is 6.26 Å². The number of hydrogen-bond acceptors (Lipinski definition) is 4. The molecule has 1 aromatic heterocycles. The van der Waals surface area contributed by atoms with E-state index in [2.05, 4.69) is 10.8 Å². The van der Waals surface area contributed by atoms with E-state index in [4.69, 9.17) is 23.7 Å². The SMILES string of the molecule is CC1CC(n2cc(-c3cccc(C(N)=S)c3)c3ccc(N)cc32)CCN1S(C)(=O)=O. The van der Waals surface area contributed by atoms with E-state index in [0.717, 1.165) is 40.4 Å². The summed E-state index contributed by atoms with van der Waals surface area (Å²) >= 11 is 5.15. The van der Waals surface area contributed by atoms with Crippen LogP contribution in [0.3, 0.4) is 0 Å². The van der Waals surface area contributed by atoms with Crippen LogP contribution in [-0.2, 0) is 10.0 Å². The third-order valence-corrected chi connectivity index (χ3v) is 7.55. The monoisotopic (exact) mass is 442 g/mol. The number of thiocarbonyl (C=S) groups is 1. The predicted molar refractivity (Wildman–Crippen MR) is 127 cm³/mol. The first-order valence-corrected chi connectivity index (χ1v) is 12.2. The minimum absolute atomic E-state index is 0.0568. The maximum absolute atomic E-state index is 12.1. The van der Waals surface area contributed by atoms with Crippen LogP contribution >= 0.6 is 12.2 Å². The number of benzene rings is 2. The molecule has 4 rings (SSSR count). The van der Waals surface area contributed by atoms with Crippen LogP contribution in [0.15, 0.2) is 48.7 Å². The maximum atomic E-state index is 12.1.